The van der Waals surface area contributed by atoms with E-state index < -0.39 is 254 Å². The van der Waals surface area contributed by atoms with Crippen LogP contribution in [-0.2, 0) is 101 Å². The van der Waals surface area contributed by atoms with E-state index in [1.807, 2.05) is 19.9 Å². The summed E-state index contributed by atoms with van der Waals surface area (Å²) < 4.78 is 5.34. The van der Waals surface area contributed by atoms with Gasteiger partial charge in [-0.3, -0.25) is 86.9 Å². The Morgan fingerprint density at radius 1 is 0.579 bits per heavy atom. The summed E-state index contributed by atoms with van der Waals surface area (Å²) in [6.07, 6.45) is 0.798. The highest BCUT2D eigenvalue weighted by molar-refractivity contribution is 8.00. The number of nitrogens with one attached hydrogen (secondary N) is 12. The van der Waals surface area contributed by atoms with Gasteiger partial charge in [0.1, 0.15) is 72.2 Å². The minimum Gasteiger partial charge on any atom is -0.497 e. The van der Waals surface area contributed by atoms with Crippen LogP contribution in [0.2, 0.25) is 0 Å². The number of carbonyl (C=O) groups is 17. The monoisotopic (exact) mass is 1870 g/mol. The highest BCUT2D eigenvalue weighted by Gasteiger charge is 2.47. The van der Waals surface area contributed by atoms with E-state index in [9.17, 15) is 58.2 Å². The van der Waals surface area contributed by atoms with E-state index in [4.69, 9.17) is 33.1 Å². The summed E-state index contributed by atoms with van der Waals surface area (Å²) in [6, 6.07) is 2.64. The first-order valence-corrected chi connectivity index (χ1v) is 46.3. The second-order valence-electron chi connectivity index (χ2n) is 34.7. The van der Waals surface area contributed by atoms with Gasteiger partial charge in [-0.05, 0) is 112 Å². The van der Waals surface area contributed by atoms with E-state index in [1.54, 1.807) is 93.0 Å². The van der Waals surface area contributed by atoms with E-state index in [1.165, 1.54) is 45.0 Å². The number of thioether (sulfide) groups is 1. The largest absolute Gasteiger partial charge is 0.497 e. The van der Waals surface area contributed by atoms with Crippen molar-refractivity contribution in [3.63, 3.8) is 0 Å². The SMILES string of the molecule is CCCC[C@H]1C(=O)N(C)[C@@H](CCCC)C(=O)N[C@@H](CCCNC(=N)N)C(=O)N[C@H](C(=O)NCC(N)=O)CSCC(=O)N[C@@H](Cc2ccc(OC)cc2)C(=O)N(C)[C@@H](C)C(=O)N[C@@H](CC(N)=O)C(=O)N2CCC[C@H]2C(=O)N[C@@H](CN)C(=O)N[C@@H](CC(C)C)C(=O)N2C[C@H](O)C[C@H]2C(=O)C[C@@H](Cc2c[nH]c3ccccc23)C(=O)N[C@@H](CO)C(=O)C[C@@H](Cc2c[nH]c3ccccc23)C(=O)N1C. The van der Waals surface area contributed by atoms with Crippen LogP contribution in [0.4, 0.5) is 0 Å². The van der Waals surface area contributed by atoms with Crippen LogP contribution in [0.25, 0.3) is 21.8 Å². The molecule has 8 rings (SSSR count). The van der Waals surface area contributed by atoms with Gasteiger partial charge in [0.25, 0.3) is 0 Å². The van der Waals surface area contributed by atoms with Gasteiger partial charge in [-0.15, -0.1) is 11.8 Å². The molecular formula is C91H131N21O20S. The highest BCUT2D eigenvalue weighted by atomic mass is 32.2. The number of primary amides is 2. The zero-order valence-corrected chi connectivity index (χ0v) is 77.7. The molecule has 0 unspecified atom stereocenters. The number of unbranched alkanes of at least 4 members (excludes halogenated alkanes) is 2. The van der Waals surface area contributed by atoms with E-state index in [0.717, 1.165) is 26.5 Å². The molecule has 726 valence electrons. The number of para-hydroxylation sites is 2. The van der Waals surface area contributed by atoms with Crippen LogP contribution in [0.1, 0.15) is 148 Å². The number of methoxy groups -OCH3 is 1. The number of hydrogen-bond acceptors (Lipinski definition) is 23. The number of nitrogens with two attached hydrogens (primary N) is 4. The molecule has 3 aliphatic rings. The number of aromatic nitrogens is 2. The molecule has 0 bridgehead atoms. The first-order valence-electron chi connectivity index (χ1n) is 45.1. The number of guanidine groups is 1. The number of aromatic amines is 2. The molecule has 0 radical (unpaired) electrons. The van der Waals surface area contributed by atoms with Gasteiger partial charge in [-0.1, -0.05) is 102 Å². The lowest BCUT2D eigenvalue weighted by molar-refractivity contribution is -0.150. The first kappa shape index (κ1) is 106. The number of H-pyrrole nitrogens is 2. The predicted octanol–water partition coefficient (Wildman–Crippen LogP) is -1.45. The van der Waals surface area contributed by atoms with Gasteiger partial charge in [0.15, 0.2) is 17.5 Å². The third kappa shape index (κ3) is 29.7. The van der Waals surface area contributed by atoms with Crippen molar-refractivity contribution in [2.45, 2.75) is 229 Å². The van der Waals surface area contributed by atoms with Crippen molar-refractivity contribution in [1.82, 2.24) is 82.3 Å². The van der Waals surface area contributed by atoms with E-state index in [2.05, 4.69) is 57.8 Å². The fourth-order valence-electron chi connectivity index (χ4n) is 16.9. The number of amides is 15. The number of benzene rings is 3. The molecular weight excluding hydrogens is 1740 g/mol. The Labute approximate surface area is 776 Å². The Bertz CT molecular complexity index is 4970. The maximum atomic E-state index is 15.8. The molecule has 15 amide bonds. The Morgan fingerprint density at radius 3 is 1.74 bits per heavy atom. The molecule has 0 aliphatic carbocycles. The molecule has 3 fully saturated rings. The molecule has 15 atom stereocenters. The molecule has 42 heteroatoms. The summed E-state index contributed by atoms with van der Waals surface area (Å²) in [6.45, 7) is 5.69. The van der Waals surface area contributed by atoms with E-state index >= 15 is 33.6 Å². The normalized spacial score (nSPS) is 25.1. The molecule has 0 saturated carbocycles. The van der Waals surface area contributed by atoms with Gasteiger partial charge in [0.2, 0.25) is 88.6 Å². The van der Waals surface area contributed by atoms with Crippen LogP contribution in [0, 0.1) is 23.2 Å². The standard InChI is InChI=1S/C91H131N21O20S/c1-10-12-25-70-84(125)102-63(24-18-32-97-91(95)96)82(123)107-69(81(122)100-45-77(94)118)48-133-49-78(119)101-65(35-52-28-30-58(132-9)31-29-52)87(128)108(6)51(5)79(120)103-66(41-76(93)117)88(129)111-33-19-27-71(111)85(126)105-67(42-92)83(124)104-64(34-50(3)4)89(130)112-46-57(114)40-73(112)75(116)38-53(36-55-43-98-61-22-16-14-20-59(55)61)80(121)106-68(47-113)74(115)39-54(37-56-44-99-62-23-17-15-21-60(56)62)86(127)110(8)72(26-13-11-2)90(131)109(70)7/h14-17,20-23,28-31,43-44,50-51,53-54,57,63-73,98-99,113-114H,10-13,18-19,24-27,32-42,45-49,92H2,1-9H3,(H2,93,117)(H2,94,118)(H,100,122)(H,101,119)(H,102,125)(H,103,120)(H,104,124)(H,105,126)(H,106,121)(H,107,123)(H4,95,96,97)/t51-,53+,54+,57+,63-,64-,65-,66-,67-,68-,69-,70-,71-,72-,73-/m0/s1. The summed E-state index contributed by atoms with van der Waals surface area (Å²) in [5.41, 5.74) is 26.0. The number of nitrogens with zero attached hydrogens (tertiary/aromatic N) is 5. The number of Topliss-reactive ketones (excluding diaryl/α,β-unsaturated/α-hetero) is 2. The zero-order valence-electron chi connectivity index (χ0n) is 76.9. The molecule has 3 saturated heterocycles. The van der Waals surface area contributed by atoms with Crippen molar-refractivity contribution in [3.8, 4) is 5.75 Å². The maximum Gasteiger partial charge on any atom is 0.246 e. The fraction of sp³-hybridized carbons (Fsp3) is 0.560. The van der Waals surface area contributed by atoms with Crippen LogP contribution in [0.5, 0.6) is 5.75 Å². The molecule has 41 nitrogen and oxygen atoms in total. The zero-order chi connectivity index (χ0) is 97.6. The lowest BCUT2D eigenvalue weighted by Crippen LogP contribution is -2.61. The summed E-state index contributed by atoms with van der Waals surface area (Å²) in [5.74, 6) is -19.0. The van der Waals surface area contributed by atoms with Crippen molar-refractivity contribution in [3.05, 3.63) is 102 Å². The molecule has 133 heavy (non-hydrogen) atoms. The number of fused-ring (bicyclic) bond motifs is 4. The summed E-state index contributed by atoms with van der Waals surface area (Å²) in [5, 5.41) is 55.5. The molecule has 0 spiro atoms. The van der Waals surface area contributed by atoms with Crippen LogP contribution in [0.15, 0.2) is 85.2 Å². The number of aliphatic hydroxyl groups is 2. The smallest absolute Gasteiger partial charge is 0.246 e. The van der Waals surface area contributed by atoms with Crippen molar-refractivity contribution in [2.24, 2.45) is 40.7 Å². The lowest BCUT2D eigenvalue weighted by atomic mass is 9.88. The van der Waals surface area contributed by atoms with Crippen molar-refractivity contribution >= 4 is 140 Å². The highest BCUT2D eigenvalue weighted by Crippen LogP contribution is 2.31. The Kier molecular flexibility index (Phi) is 40.5. The third-order valence-corrected chi connectivity index (χ3v) is 25.4. The number of rotatable bonds is 26. The predicted molar refractivity (Wildman–Crippen MR) is 494 cm³/mol. The number of aliphatic hydroxyl groups excluding tert-OH is 2. The Balaban J connectivity index is 1.19. The van der Waals surface area contributed by atoms with Gasteiger partial charge in [0, 0.05) is 125 Å². The van der Waals surface area contributed by atoms with Crippen LogP contribution in [-0.4, -0.2) is 309 Å². The third-order valence-electron chi connectivity index (χ3n) is 24.4. The van der Waals surface area contributed by atoms with E-state index in [-0.39, 0.29) is 89.6 Å². The second kappa shape index (κ2) is 50.9. The summed E-state index contributed by atoms with van der Waals surface area (Å²) in [4.78, 5) is 261. The minimum atomic E-state index is -1.76. The number of ether oxygens (including phenoxy) is 1. The molecule has 3 aliphatic heterocycles. The lowest BCUT2D eigenvalue weighted by Gasteiger charge is -2.36. The topological polar surface area (TPSA) is 624 Å². The Morgan fingerprint density at radius 2 is 1.15 bits per heavy atom. The maximum absolute atomic E-state index is 15.8. The van der Waals surface area contributed by atoms with Gasteiger partial charge >= 0.3 is 0 Å². The van der Waals surface area contributed by atoms with Crippen LogP contribution in [0.3, 0.4) is 0 Å². The average molecular weight is 1870 g/mol. The van der Waals surface area contributed by atoms with Gasteiger partial charge in [-0.25, -0.2) is 0 Å². The summed E-state index contributed by atoms with van der Waals surface area (Å²) in [7, 11) is 5.43. The minimum absolute atomic E-state index is 0.000978. The molecule has 22 N–H and O–H groups in total. The average Bonchev–Trinajstić information content (AvgIpc) is 1.78. The number of likely N-dealkylation sites (N-methyl/N-ethyl adjacent to an activating group) is 3. The van der Waals surface area contributed by atoms with Gasteiger partial charge < -0.3 is 120 Å². The molecule has 2 aromatic heterocycles. The van der Waals surface area contributed by atoms with Crippen molar-refractivity contribution in [2.75, 3.05) is 79.1 Å². The van der Waals surface area contributed by atoms with Crippen LogP contribution < -0.4 is 75.5 Å². The molecule has 5 heterocycles. The first-order chi connectivity index (χ1) is 63.3. The number of ketones is 2. The van der Waals surface area contributed by atoms with Crippen molar-refractivity contribution in [1.29, 1.82) is 5.41 Å². The van der Waals surface area contributed by atoms with Gasteiger partial charge in [-0.2, -0.15) is 0 Å². The quantitative estimate of drug-likeness (QED) is 0.0171. The number of hydrogen-bond donors (Lipinski definition) is 18. The van der Waals surface area contributed by atoms with Crippen LogP contribution >= 0.6 is 11.8 Å². The number of carbonyl (C=O) groups excluding carboxylic acids is 17. The molecule has 5 aromatic rings. The van der Waals surface area contributed by atoms with Crippen molar-refractivity contribution < 1.29 is 96.5 Å². The molecule has 3 aromatic carbocycles. The van der Waals surface area contributed by atoms with E-state index in [0.29, 0.717) is 69.9 Å². The van der Waals surface area contributed by atoms with Gasteiger partial charge in [0.05, 0.1) is 44.6 Å². The summed E-state index contributed by atoms with van der Waals surface area (Å²) >= 11 is 0.784. The Hall–Kier alpha value is -12.6. The second-order valence-corrected chi connectivity index (χ2v) is 35.8. The fourth-order valence-corrected chi connectivity index (χ4v) is 17.7.